The van der Waals surface area contributed by atoms with Crippen LogP contribution in [0, 0.1) is 24.0 Å². The fraction of sp³-hybridized carbons (Fsp3) is 0.684. The highest BCUT2D eigenvalue weighted by Gasteiger charge is 2.50. The van der Waals surface area contributed by atoms with Crippen LogP contribution in [0.4, 0.5) is 5.69 Å². The summed E-state index contributed by atoms with van der Waals surface area (Å²) in [6.07, 6.45) is 0.233. The zero-order chi connectivity index (χ0) is 24.8. The van der Waals surface area contributed by atoms with E-state index in [1.165, 1.54) is 11.4 Å². The average molecular weight is 506 g/mol. The Morgan fingerprint density at radius 2 is 1.48 bits per heavy atom. The highest BCUT2D eigenvalue weighted by Crippen LogP contribution is 2.71. The van der Waals surface area contributed by atoms with Crippen molar-refractivity contribution in [1.82, 2.24) is 14.6 Å². The first-order chi connectivity index (χ1) is 15.6. The van der Waals surface area contributed by atoms with Crippen LogP contribution in [0.25, 0.3) is 5.65 Å². The Bertz CT molecular complexity index is 1020. The van der Waals surface area contributed by atoms with Crippen molar-refractivity contribution in [3.05, 3.63) is 33.3 Å². The van der Waals surface area contributed by atoms with Crippen molar-refractivity contribution in [2.75, 3.05) is 26.4 Å². The Balaban J connectivity index is 2.57. The number of aromatic nitrogens is 3. The number of rotatable bonds is 14. The molecule has 0 unspecified atom stereocenters. The van der Waals surface area contributed by atoms with E-state index in [1.807, 2.05) is 0 Å². The minimum atomic E-state index is -3.91. The molecule has 0 aromatic carbocycles. The van der Waals surface area contributed by atoms with Gasteiger partial charge in [0.1, 0.15) is 5.69 Å². The van der Waals surface area contributed by atoms with E-state index in [2.05, 4.69) is 10.1 Å². The second-order valence-electron chi connectivity index (χ2n) is 7.09. The summed E-state index contributed by atoms with van der Waals surface area (Å²) in [6, 6.07) is 1.72. The second kappa shape index (κ2) is 11.6. The molecule has 14 heteroatoms. The molecular formula is C19H32N4O8P2. The van der Waals surface area contributed by atoms with Gasteiger partial charge in [0, 0.05) is 11.4 Å². The average Bonchev–Trinajstić information content (AvgIpc) is 3.04. The van der Waals surface area contributed by atoms with Gasteiger partial charge in [0.2, 0.25) is 5.65 Å². The molecule has 0 spiro atoms. The van der Waals surface area contributed by atoms with Gasteiger partial charge in [-0.2, -0.15) is 5.10 Å². The van der Waals surface area contributed by atoms with Crippen molar-refractivity contribution in [2.45, 2.75) is 59.8 Å². The second-order valence-corrected chi connectivity index (χ2v) is 11.9. The van der Waals surface area contributed by atoms with E-state index in [0.717, 1.165) is 0 Å². The quantitative estimate of drug-likeness (QED) is 0.194. The molecule has 0 aliphatic carbocycles. The van der Waals surface area contributed by atoms with E-state index >= 15 is 0 Å². The lowest BCUT2D eigenvalue weighted by Gasteiger charge is -2.31. The Kier molecular flexibility index (Phi) is 9.72. The van der Waals surface area contributed by atoms with Gasteiger partial charge >= 0.3 is 20.9 Å². The van der Waals surface area contributed by atoms with Gasteiger partial charge in [-0.15, -0.1) is 0 Å². The summed E-state index contributed by atoms with van der Waals surface area (Å²) < 4.78 is 50.8. The zero-order valence-corrected chi connectivity index (χ0v) is 21.6. The van der Waals surface area contributed by atoms with Gasteiger partial charge < -0.3 is 18.1 Å². The third kappa shape index (κ3) is 6.07. The van der Waals surface area contributed by atoms with Gasteiger partial charge in [0.05, 0.1) is 31.4 Å². The first-order valence-electron chi connectivity index (χ1n) is 10.8. The first kappa shape index (κ1) is 27.6. The van der Waals surface area contributed by atoms with Crippen molar-refractivity contribution < 1.29 is 32.1 Å². The molecule has 2 rings (SSSR count). The molecule has 0 atom stereocenters. The molecule has 2 heterocycles. The molecule has 0 bridgehead atoms. The maximum atomic E-state index is 13.7. The van der Waals surface area contributed by atoms with Crippen LogP contribution >= 0.6 is 15.2 Å². The Hall–Kier alpha value is -1.68. The number of aryl methyl sites for hydroxylation is 3. The third-order valence-corrected chi connectivity index (χ3v) is 10.9. The summed E-state index contributed by atoms with van der Waals surface area (Å²) in [5.74, 6) is 0. The third-order valence-electron chi connectivity index (χ3n) is 4.74. The maximum Gasteiger partial charge on any atom is 0.345 e. The van der Waals surface area contributed by atoms with E-state index in [0.29, 0.717) is 11.4 Å². The molecular weight excluding hydrogens is 474 g/mol. The number of hydrogen-bond donors (Lipinski definition) is 0. The summed E-state index contributed by atoms with van der Waals surface area (Å²) in [4.78, 5) is 15.3. The summed E-state index contributed by atoms with van der Waals surface area (Å²) >= 11 is 0. The normalized spacial score (nSPS) is 12.7. The summed E-state index contributed by atoms with van der Waals surface area (Å²) in [5.41, 5.74) is 1.27. The SMILES string of the molecule is CCOP(=O)(OCC)C(CCc1cc(C)nc2c([N+](=O)[O-])c(C)nn12)P(=O)(OCC)OCC. The Morgan fingerprint density at radius 1 is 1.00 bits per heavy atom. The van der Waals surface area contributed by atoms with Crippen LogP contribution < -0.4 is 0 Å². The Labute approximate surface area is 193 Å². The minimum Gasteiger partial charge on any atom is -0.308 e. The monoisotopic (exact) mass is 506 g/mol. The molecule has 0 fully saturated rings. The first-order valence-corrected chi connectivity index (χ1v) is 14.1. The van der Waals surface area contributed by atoms with Crippen molar-refractivity contribution >= 4 is 26.5 Å². The smallest absolute Gasteiger partial charge is 0.308 e. The molecule has 2 aromatic rings. The molecule has 0 radical (unpaired) electrons. The van der Waals surface area contributed by atoms with Crippen LogP contribution in [0.5, 0.6) is 0 Å². The van der Waals surface area contributed by atoms with Gasteiger partial charge in [0.15, 0.2) is 5.40 Å². The number of fused-ring (bicyclic) bond motifs is 1. The van der Waals surface area contributed by atoms with Crippen LogP contribution in [0.3, 0.4) is 0 Å². The lowest BCUT2D eigenvalue weighted by molar-refractivity contribution is -0.383. The summed E-state index contributed by atoms with van der Waals surface area (Å²) in [5, 5.41) is 14.6. The van der Waals surface area contributed by atoms with Crippen molar-refractivity contribution in [3.8, 4) is 0 Å². The molecule has 2 aromatic heterocycles. The molecule has 0 aliphatic rings. The topological polar surface area (TPSA) is 144 Å². The van der Waals surface area contributed by atoms with Crippen molar-refractivity contribution in [3.63, 3.8) is 0 Å². The lowest BCUT2D eigenvalue weighted by Crippen LogP contribution is -2.19. The van der Waals surface area contributed by atoms with Crippen LogP contribution in [0.1, 0.15) is 51.2 Å². The molecule has 12 nitrogen and oxygen atoms in total. The predicted octanol–water partition coefficient (Wildman–Crippen LogP) is 5.05. The number of nitrogens with zero attached hydrogens (tertiary/aromatic N) is 4. The summed E-state index contributed by atoms with van der Waals surface area (Å²) in [6.45, 7) is 10.2. The van der Waals surface area contributed by atoms with Crippen LogP contribution in [0.15, 0.2) is 6.07 Å². The minimum absolute atomic E-state index is 0.0415. The molecule has 0 amide bonds. The molecule has 33 heavy (non-hydrogen) atoms. The zero-order valence-electron chi connectivity index (χ0n) is 19.8. The van der Waals surface area contributed by atoms with E-state index in [1.54, 1.807) is 40.7 Å². The van der Waals surface area contributed by atoms with Gasteiger partial charge in [-0.05, 0) is 60.5 Å². The van der Waals surface area contributed by atoms with Crippen LogP contribution in [0.2, 0.25) is 0 Å². The predicted molar refractivity (Wildman–Crippen MR) is 123 cm³/mol. The van der Waals surface area contributed by atoms with Crippen LogP contribution in [-0.2, 0) is 33.6 Å². The molecule has 0 saturated heterocycles. The van der Waals surface area contributed by atoms with Crippen LogP contribution in [-0.4, -0.2) is 51.3 Å². The fourth-order valence-corrected chi connectivity index (χ4v) is 8.96. The van der Waals surface area contributed by atoms with Gasteiger partial charge in [0.25, 0.3) is 0 Å². The van der Waals surface area contributed by atoms with E-state index in [-0.39, 0.29) is 56.3 Å². The highest BCUT2D eigenvalue weighted by atomic mass is 31.2. The van der Waals surface area contributed by atoms with E-state index in [9.17, 15) is 19.2 Å². The number of nitro groups is 1. The molecule has 0 aliphatic heterocycles. The molecule has 0 saturated carbocycles. The lowest BCUT2D eigenvalue weighted by atomic mass is 10.2. The van der Waals surface area contributed by atoms with E-state index in [4.69, 9.17) is 18.1 Å². The highest BCUT2D eigenvalue weighted by molar-refractivity contribution is 7.72. The standard InChI is InChI=1S/C19H32N4O8P2/c1-7-28-32(26,29-8-2)17(33(27,30-9-3)31-10-4)12-11-16-13-14(5)20-19-18(23(24)25)15(6)21-22(16)19/h13,17H,7-12H2,1-6H3. The fourth-order valence-electron chi connectivity index (χ4n) is 3.61. The molecule has 186 valence electrons. The van der Waals surface area contributed by atoms with Gasteiger partial charge in [-0.1, -0.05) is 0 Å². The van der Waals surface area contributed by atoms with Crippen molar-refractivity contribution in [2.24, 2.45) is 0 Å². The largest absolute Gasteiger partial charge is 0.345 e. The van der Waals surface area contributed by atoms with Crippen molar-refractivity contribution in [1.29, 1.82) is 0 Å². The maximum absolute atomic E-state index is 13.7. The van der Waals surface area contributed by atoms with Gasteiger partial charge in [-0.25, -0.2) is 9.50 Å². The van der Waals surface area contributed by atoms with Gasteiger partial charge in [-0.3, -0.25) is 19.2 Å². The molecule has 0 N–H and O–H groups in total. The summed E-state index contributed by atoms with van der Waals surface area (Å²) in [7, 11) is -7.81. The number of hydrogen-bond acceptors (Lipinski definition) is 10. The Morgan fingerprint density at radius 3 is 1.91 bits per heavy atom. The van der Waals surface area contributed by atoms with E-state index < -0.39 is 25.5 Å².